The molecule has 0 saturated carbocycles. The first kappa shape index (κ1) is 21.6. The first-order valence-electron chi connectivity index (χ1n) is 8.96. The Hall–Kier alpha value is -3.09. The van der Waals surface area contributed by atoms with Gasteiger partial charge in [0.25, 0.3) is 5.91 Å². The molecule has 0 fully saturated rings. The third kappa shape index (κ3) is 4.72. The normalized spacial score (nSPS) is 15.5. The van der Waals surface area contributed by atoms with Crippen molar-refractivity contribution >= 4 is 44.9 Å². The molecule has 2 aromatic carbocycles. The van der Waals surface area contributed by atoms with Crippen LogP contribution in [0.25, 0.3) is 0 Å². The van der Waals surface area contributed by atoms with Gasteiger partial charge in [-0.3, -0.25) is 4.79 Å². The summed E-state index contributed by atoms with van der Waals surface area (Å²) in [6.07, 6.45) is 0. The Bertz CT molecular complexity index is 1050. The number of rotatable bonds is 6. The summed E-state index contributed by atoms with van der Waals surface area (Å²) in [5.41, 5.74) is 2.57. The minimum atomic E-state index is -0.516. The molecule has 154 valence electrons. The largest absolute Gasteiger partial charge is 0.493 e. The average Bonchev–Trinajstić information content (AvgIpc) is 2.72. The predicted molar refractivity (Wildman–Crippen MR) is 121 cm³/mol. The lowest BCUT2D eigenvalue weighted by Gasteiger charge is -2.31. The summed E-state index contributed by atoms with van der Waals surface area (Å²) in [5, 5.41) is 18.3. The highest BCUT2D eigenvalue weighted by atomic mass is 79.9. The Balaban J connectivity index is 2.00. The number of amides is 1. The van der Waals surface area contributed by atoms with Crippen molar-refractivity contribution in [3.8, 4) is 17.6 Å². The highest BCUT2D eigenvalue weighted by Gasteiger charge is 2.31. The summed E-state index contributed by atoms with van der Waals surface area (Å²) < 4.78 is 11.5. The number of thiocarbonyl (C=S) groups is 1. The van der Waals surface area contributed by atoms with Crippen LogP contribution in [0.4, 0.5) is 5.69 Å². The zero-order chi connectivity index (χ0) is 21.7. The van der Waals surface area contributed by atoms with E-state index in [4.69, 9.17) is 27.0 Å². The van der Waals surface area contributed by atoms with Gasteiger partial charge in [0.2, 0.25) is 0 Å². The standard InChI is InChI=1S/C21H19BrN4O3S/c1-12-17(20(27)25-14-6-4-3-5-7-14)18(26-21(30)24-12)13-10-15(22)19(29-9-8-23)16(11-13)28-2/h3-7,10-11,18H,9H2,1-2H3,(H,25,27)(H2,24,26,30)/t18-/m1/s1. The summed E-state index contributed by atoms with van der Waals surface area (Å²) in [6.45, 7) is 1.68. The van der Waals surface area contributed by atoms with Crippen LogP contribution in [-0.2, 0) is 4.79 Å². The molecule has 2 aromatic rings. The van der Waals surface area contributed by atoms with E-state index < -0.39 is 6.04 Å². The Morgan fingerprint density at radius 3 is 2.73 bits per heavy atom. The quantitative estimate of drug-likeness (QED) is 0.534. The monoisotopic (exact) mass is 486 g/mol. The van der Waals surface area contributed by atoms with Gasteiger partial charge < -0.3 is 25.4 Å². The Morgan fingerprint density at radius 2 is 2.07 bits per heavy atom. The van der Waals surface area contributed by atoms with Gasteiger partial charge >= 0.3 is 0 Å². The van der Waals surface area contributed by atoms with Gasteiger partial charge in [0.1, 0.15) is 6.07 Å². The maximum atomic E-state index is 13.1. The molecule has 3 rings (SSSR count). The van der Waals surface area contributed by atoms with Crippen LogP contribution in [0.3, 0.4) is 0 Å². The molecule has 0 spiro atoms. The number of nitrogens with one attached hydrogen (secondary N) is 3. The third-order valence-corrected chi connectivity index (χ3v) is 5.22. The van der Waals surface area contributed by atoms with Crippen molar-refractivity contribution in [2.45, 2.75) is 13.0 Å². The van der Waals surface area contributed by atoms with E-state index in [9.17, 15) is 4.79 Å². The van der Waals surface area contributed by atoms with Gasteiger partial charge in [-0.25, -0.2) is 0 Å². The molecule has 1 heterocycles. The Morgan fingerprint density at radius 1 is 1.33 bits per heavy atom. The Kier molecular flexibility index (Phi) is 6.92. The van der Waals surface area contributed by atoms with Crippen LogP contribution < -0.4 is 25.4 Å². The number of hydrogen-bond acceptors (Lipinski definition) is 5. The summed E-state index contributed by atoms with van der Waals surface area (Å²) in [6, 6.07) is 14.2. The van der Waals surface area contributed by atoms with Crippen LogP contribution >= 0.6 is 28.1 Å². The van der Waals surface area contributed by atoms with Crippen molar-refractivity contribution in [2.24, 2.45) is 0 Å². The summed E-state index contributed by atoms with van der Waals surface area (Å²) >= 11 is 8.78. The first-order valence-corrected chi connectivity index (χ1v) is 10.2. The van der Waals surface area contributed by atoms with Crippen LogP contribution in [0.15, 0.2) is 58.2 Å². The van der Waals surface area contributed by atoms with Crippen LogP contribution in [0, 0.1) is 11.3 Å². The summed E-state index contributed by atoms with van der Waals surface area (Å²) in [4.78, 5) is 13.1. The number of nitrogens with zero attached hydrogens (tertiary/aromatic N) is 1. The van der Waals surface area contributed by atoms with E-state index in [1.54, 1.807) is 13.0 Å². The number of methoxy groups -OCH3 is 1. The lowest BCUT2D eigenvalue weighted by Crippen LogP contribution is -2.45. The van der Waals surface area contributed by atoms with Gasteiger partial charge in [-0.15, -0.1) is 0 Å². The topological polar surface area (TPSA) is 95.4 Å². The Labute approximate surface area is 188 Å². The minimum Gasteiger partial charge on any atom is -0.493 e. The number of hydrogen-bond donors (Lipinski definition) is 3. The van der Waals surface area contributed by atoms with Crippen LogP contribution in [0.1, 0.15) is 18.5 Å². The molecule has 3 N–H and O–H groups in total. The van der Waals surface area contributed by atoms with Gasteiger partial charge in [0.05, 0.1) is 23.2 Å². The van der Waals surface area contributed by atoms with Crippen molar-refractivity contribution in [1.29, 1.82) is 5.26 Å². The van der Waals surface area contributed by atoms with E-state index in [0.717, 1.165) is 5.56 Å². The molecule has 0 saturated heterocycles. The number of carbonyl (C=O) groups excluding carboxylic acids is 1. The molecule has 0 radical (unpaired) electrons. The SMILES string of the molecule is COc1cc([C@H]2NC(=S)NC(C)=C2C(=O)Nc2ccccc2)cc(Br)c1OCC#N. The van der Waals surface area contributed by atoms with Gasteiger partial charge in [-0.2, -0.15) is 5.26 Å². The maximum Gasteiger partial charge on any atom is 0.255 e. The van der Waals surface area contributed by atoms with E-state index >= 15 is 0 Å². The first-order chi connectivity index (χ1) is 14.4. The van der Waals surface area contributed by atoms with Crippen molar-refractivity contribution < 1.29 is 14.3 Å². The average molecular weight is 487 g/mol. The minimum absolute atomic E-state index is 0.117. The molecule has 1 atom stereocenters. The molecule has 0 aromatic heterocycles. The molecule has 0 unspecified atom stereocenters. The predicted octanol–water partition coefficient (Wildman–Crippen LogP) is 3.79. The molecule has 1 aliphatic heterocycles. The molecular weight excluding hydrogens is 468 g/mol. The summed E-state index contributed by atoms with van der Waals surface area (Å²) in [7, 11) is 1.51. The van der Waals surface area contributed by atoms with E-state index in [1.165, 1.54) is 7.11 Å². The molecule has 30 heavy (non-hydrogen) atoms. The number of carbonyl (C=O) groups is 1. The van der Waals surface area contributed by atoms with E-state index in [2.05, 4.69) is 31.9 Å². The molecule has 9 heteroatoms. The molecule has 1 amide bonds. The zero-order valence-electron chi connectivity index (χ0n) is 16.3. The van der Waals surface area contributed by atoms with Gasteiger partial charge in [-0.1, -0.05) is 18.2 Å². The zero-order valence-corrected chi connectivity index (χ0v) is 18.7. The number of halogens is 1. The van der Waals surface area contributed by atoms with E-state index in [1.807, 2.05) is 42.5 Å². The van der Waals surface area contributed by atoms with Crippen molar-refractivity contribution in [3.63, 3.8) is 0 Å². The van der Waals surface area contributed by atoms with Gasteiger partial charge in [-0.05, 0) is 64.9 Å². The van der Waals surface area contributed by atoms with E-state index in [-0.39, 0.29) is 12.5 Å². The second kappa shape index (κ2) is 9.61. The van der Waals surface area contributed by atoms with Crippen LogP contribution in [-0.4, -0.2) is 24.7 Å². The fourth-order valence-electron chi connectivity index (χ4n) is 3.12. The van der Waals surface area contributed by atoms with Gasteiger partial charge in [0.15, 0.2) is 23.2 Å². The van der Waals surface area contributed by atoms with Crippen molar-refractivity contribution in [2.75, 3.05) is 19.0 Å². The number of ether oxygens (including phenoxy) is 2. The summed E-state index contributed by atoms with van der Waals surface area (Å²) in [5.74, 6) is 0.586. The van der Waals surface area contributed by atoms with E-state index in [0.29, 0.717) is 38.0 Å². The molecular formula is C21H19BrN4O3S. The molecule has 0 aliphatic carbocycles. The lowest BCUT2D eigenvalue weighted by molar-refractivity contribution is -0.113. The number of allylic oxidation sites excluding steroid dienone is 1. The van der Waals surface area contributed by atoms with Crippen molar-refractivity contribution in [3.05, 3.63) is 63.8 Å². The number of anilines is 1. The highest BCUT2D eigenvalue weighted by Crippen LogP contribution is 2.40. The fourth-order valence-corrected chi connectivity index (χ4v) is 3.96. The maximum absolute atomic E-state index is 13.1. The second-order valence-corrected chi connectivity index (χ2v) is 7.63. The molecule has 0 bridgehead atoms. The number of benzene rings is 2. The molecule has 1 aliphatic rings. The smallest absolute Gasteiger partial charge is 0.255 e. The molecule has 7 nitrogen and oxygen atoms in total. The number of para-hydroxylation sites is 1. The fraction of sp³-hybridized carbons (Fsp3) is 0.190. The third-order valence-electron chi connectivity index (χ3n) is 4.41. The highest BCUT2D eigenvalue weighted by molar-refractivity contribution is 9.10. The number of nitriles is 1. The van der Waals surface area contributed by atoms with Crippen LogP contribution in [0.2, 0.25) is 0 Å². The lowest BCUT2D eigenvalue weighted by atomic mass is 9.94. The van der Waals surface area contributed by atoms with Crippen molar-refractivity contribution in [1.82, 2.24) is 10.6 Å². The van der Waals surface area contributed by atoms with Gasteiger partial charge in [0, 0.05) is 11.4 Å². The second-order valence-electron chi connectivity index (χ2n) is 6.37. The van der Waals surface area contributed by atoms with Crippen LogP contribution in [0.5, 0.6) is 11.5 Å².